The molecular weight excluding hydrogens is 373 g/mol. The summed E-state index contributed by atoms with van der Waals surface area (Å²) in [7, 11) is 1.29. The maximum atomic E-state index is 13.2. The molecule has 0 bridgehead atoms. The van der Waals surface area contributed by atoms with Gasteiger partial charge in [-0.2, -0.15) is 0 Å². The Morgan fingerprint density at radius 1 is 1.19 bits per heavy atom. The Morgan fingerprint density at radius 3 is 2.70 bits per heavy atom. The number of thiophene rings is 1. The van der Waals surface area contributed by atoms with E-state index in [1.165, 1.54) is 36.6 Å². The molecule has 1 N–H and O–H groups in total. The van der Waals surface area contributed by atoms with Gasteiger partial charge in [-0.15, -0.1) is 11.3 Å². The molecule has 8 heteroatoms. The molecule has 0 saturated carbocycles. The third kappa shape index (κ3) is 4.33. The zero-order chi connectivity index (χ0) is 19.4. The number of hydrogen-bond acceptors (Lipinski definition) is 6. The molecule has 0 atom stereocenters. The van der Waals surface area contributed by atoms with Gasteiger partial charge in [0, 0.05) is 4.88 Å². The zero-order valence-electron chi connectivity index (χ0n) is 14.7. The third-order valence-corrected chi connectivity index (χ3v) is 5.42. The Labute approximate surface area is 159 Å². The van der Waals surface area contributed by atoms with Gasteiger partial charge >= 0.3 is 11.9 Å². The minimum Gasteiger partial charge on any atom is -0.465 e. The summed E-state index contributed by atoms with van der Waals surface area (Å²) in [6.07, 6.45) is 3.63. The summed E-state index contributed by atoms with van der Waals surface area (Å²) in [5, 5.41) is 3.03. The number of benzene rings is 1. The normalized spacial score (nSPS) is 12.8. The van der Waals surface area contributed by atoms with Crippen LogP contribution in [0.3, 0.4) is 0 Å². The average molecular weight is 391 g/mol. The van der Waals surface area contributed by atoms with Crippen LogP contribution >= 0.6 is 11.3 Å². The maximum Gasteiger partial charge on any atom is 0.341 e. The van der Waals surface area contributed by atoms with Crippen LogP contribution in [0.25, 0.3) is 0 Å². The van der Waals surface area contributed by atoms with Gasteiger partial charge in [0.25, 0.3) is 5.91 Å². The Morgan fingerprint density at radius 2 is 1.96 bits per heavy atom. The molecule has 6 nitrogen and oxygen atoms in total. The number of carbonyl (C=O) groups excluding carboxylic acids is 3. The van der Waals surface area contributed by atoms with Gasteiger partial charge in [0.15, 0.2) is 6.61 Å². The second kappa shape index (κ2) is 8.30. The van der Waals surface area contributed by atoms with Crippen molar-refractivity contribution >= 4 is 34.2 Å². The number of nitrogens with one attached hydrogen (secondary N) is 1. The molecule has 2 aromatic rings. The highest BCUT2D eigenvalue weighted by Crippen LogP contribution is 2.38. The van der Waals surface area contributed by atoms with Crippen molar-refractivity contribution in [3.63, 3.8) is 0 Å². The van der Waals surface area contributed by atoms with Crippen LogP contribution in [0.1, 0.15) is 44.0 Å². The number of fused-ring (bicyclic) bond motifs is 1. The van der Waals surface area contributed by atoms with E-state index < -0.39 is 30.3 Å². The minimum absolute atomic E-state index is 0.0182. The van der Waals surface area contributed by atoms with Crippen LogP contribution in [-0.2, 0) is 27.1 Å². The van der Waals surface area contributed by atoms with E-state index in [0.29, 0.717) is 10.6 Å². The molecule has 1 aromatic carbocycles. The number of anilines is 1. The smallest absolute Gasteiger partial charge is 0.341 e. The zero-order valence-corrected chi connectivity index (χ0v) is 15.5. The van der Waals surface area contributed by atoms with Crippen LogP contribution in [0.5, 0.6) is 0 Å². The number of rotatable bonds is 5. The summed E-state index contributed by atoms with van der Waals surface area (Å²) in [6, 6.07) is 5.01. The van der Waals surface area contributed by atoms with E-state index in [0.717, 1.165) is 42.2 Å². The van der Waals surface area contributed by atoms with Crippen LogP contribution in [0.4, 0.5) is 9.39 Å². The topological polar surface area (TPSA) is 81.7 Å². The van der Waals surface area contributed by atoms with Gasteiger partial charge in [-0.25, -0.2) is 14.0 Å². The van der Waals surface area contributed by atoms with Gasteiger partial charge in [0.1, 0.15) is 10.8 Å². The van der Waals surface area contributed by atoms with E-state index in [-0.39, 0.29) is 5.56 Å². The quantitative estimate of drug-likeness (QED) is 0.791. The molecule has 0 fully saturated rings. The number of carbonyl (C=O) groups is 3. The van der Waals surface area contributed by atoms with Crippen molar-refractivity contribution in [2.75, 3.05) is 19.0 Å². The van der Waals surface area contributed by atoms with Gasteiger partial charge in [0.2, 0.25) is 0 Å². The first kappa shape index (κ1) is 19.0. The summed E-state index contributed by atoms with van der Waals surface area (Å²) in [5.74, 6) is -2.45. The highest BCUT2D eigenvalue weighted by Gasteiger charge is 2.27. The average Bonchev–Trinajstić information content (AvgIpc) is 3.03. The third-order valence-electron chi connectivity index (χ3n) is 4.21. The number of aryl methyl sites for hydroxylation is 1. The molecule has 1 aliphatic rings. The van der Waals surface area contributed by atoms with Gasteiger partial charge in [0.05, 0.1) is 18.2 Å². The number of halogens is 1. The predicted molar refractivity (Wildman–Crippen MR) is 97.6 cm³/mol. The molecule has 1 amide bonds. The largest absolute Gasteiger partial charge is 0.465 e. The van der Waals surface area contributed by atoms with Crippen molar-refractivity contribution in [1.29, 1.82) is 0 Å². The maximum absolute atomic E-state index is 13.2. The van der Waals surface area contributed by atoms with Crippen molar-refractivity contribution in [1.82, 2.24) is 0 Å². The lowest BCUT2D eigenvalue weighted by atomic mass is 9.95. The lowest BCUT2D eigenvalue weighted by molar-refractivity contribution is -0.119. The van der Waals surface area contributed by atoms with E-state index in [1.54, 1.807) is 0 Å². The minimum atomic E-state index is -0.802. The number of esters is 2. The SMILES string of the molecule is COC(=O)c1c(NC(=O)COC(=O)c2cccc(F)c2)sc2c1CCCC2. The number of hydrogen-bond donors (Lipinski definition) is 1. The molecule has 0 aliphatic heterocycles. The van der Waals surface area contributed by atoms with E-state index >= 15 is 0 Å². The monoisotopic (exact) mass is 391 g/mol. The van der Waals surface area contributed by atoms with Gasteiger partial charge in [-0.3, -0.25) is 4.79 Å². The van der Waals surface area contributed by atoms with Crippen molar-refractivity contribution < 1.29 is 28.2 Å². The van der Waals surface area contributed by atoms with Gasteiger partial charge in [-0.1, -0.05) is 6.07 Å². The Balaban J connectivity index is 1.68. The van der Waals surface area contributed by atoms with Crippen molar-refractivity contribution in [3.05, 3.63) is 51.7 Å². The molecule has 0 radical (unpaired) electrons. The highest BCUT2D eigenvalue weighted by atomic mass is 32.1. The Hall–Kier alpha value is -2.74. The van der Waals surface area contributed by atoms with Crippen LogP contribution in [0, 0.1) is 5.82 Å². The molecule has 27 heavy (non-hydrogen) atoms. The lowest BCUT2D eigenvalue weighted by Crippen LogP contribution is -2.21. The van der Waals surface area contributed by atoms with Crippen LogP contribution in [-0.4, -0.2) is 31.6 Å². The molecular formula is C19H18FNO5S. The van der Waals surface area contributed by atoms with Gasteiger partial charge < -0.3 is 14.8 Å². The van der Waals surface area contributed by atoms with E-state index in [4.69, 9.17) is 9.47 Å². The molecule has 3 rings (SSSR count). The highest BCUT2D eigenvalue weighted by molar-refractivity contribution is 7.17. The second-order valence-corrected chi connectivity index (χ2v) is 7.15. The summed E-state index contributed by atoms with van der Waals surface area (Å²) in [6.45, 7) is -0.543. The first-order valence-electron chi connectivity index (χ1n) is 8.45. The Bertz CT molecular complexity index is 892. The van der Waals surface area contributed by atoms with Crippen molar-refractivity contribution in [3.8, 4) is 0 Å². The summed E-state index contributed by atoms with van der Waals surface area (Å²) in [5.41, 5.74) is 1.32. The molecule has 1 aliphatic carbocycles. The van der Waals surface area contributed by atoms with Crippen LogP contribution in [0.15, 0.2) is 24.3 Å². The van der Waals surface area contributed by atoms with E-state index in [9.17, 15) is 18.8 Å². The molecule has 0 spiro atoms. The fraction of sp³-hybridized carbons (Fsp3) is 0.316. The van der Waals surface area contributed by atoms with Crippen molar-refractivity contribution in [2.24, 2.45) is 0 Å². The first-order valence-corrected chi connectivity index (χ1v) is 9.26. The summed E-state index contributed by atoms with van der Waals surface area (Å²) >= 11 is 1.34. The molecule has 1 heterocycles. The van der Waals surface area contributed by atoms with E-state index in [1.807, 2.05) is 0 Å². The number of ether oxygens (including phenoxy) is 2. The van der Waals surface area contributed by atoms with Crippen molar-refractivity contribution in [2.45, 2.75) is 25.7 Å². The fourth-order valence-corrected chi connectivity index (χ4v) is 4.26. The van der Waals surface area contributed by atoms with Crippen LogP contribution < -0.4 is 5.32 Å². The first-order chi connectivity index (χ1) is 13.0. The second-order valence-electron chi connectivity index (χ2n) is 6.04. The molecule has 0 saturated heterocycles. The summed E-state index contributed by atoms with van der Waals surface area (Å²) in [4.78, 5) is 37.3. The predicted octanol–water partition coefficient (Wildman–Crippen LogP) is 3.35. The van der Waals surface area contributed by atoms with E-state index in [2.05, 4.69) is 5.32 Å². The molecule has 142 valence electrons. The molecule has 1 aromatic heterocycles. The Kier molecular flexibility index (Phi) is 5.85. The van der Waals surface area contributed by atoms with Gasteiger partial charge in [-0.05, 0) is 49.4 Å². The lowest BCUT2D eigenvalue weighted by Gasteiger charge is -2.11. The molecule has 0 unspecified atom stereocenters. The fourth-order valence-electron chi connectivity index (χ4n) is 2.96. The standard InChI is InChI=1S/C19H18FNO5S/c1-25-19(24)16-13-7-2-3-8-14(13)27-17(16)21-15(22)10-26-18(23)11-5-4-6-12(20)9-11/h4-6,9H,2-3,7-8,10H2,1H3,(H,21,22). The number of amides is 1. The number of methoxy groups -OCH3 is 1. The van der Waals surface area contributed by atoms with Crippen LogP contribution in [0.2, 0.25) is 0 Å². The summed E-state index contributed by atoms with van der Waals surface area (Å²) < 4.78 is 22.9.